The first-order valence-electron chi connectivity index (χ1n) is 0.617. The van der Waals surface area contributed by atoms with Crippen molar-refractivity contribution in [2.75, 3.05) is 0 Å². The molecule has 33 valence electrons. The van der Waals surface area contributed by atoms with E-state index in [1.165, 1.54) is 0 Å². The molecule has 0 atom stereocenters. The van der Waals surface area contributed by atoms with E-state index >= 15 is 0 Å². The van der Waals surface area contributed by atoms with Gasteiger partial charge in [0, 0.05) is 0 Å². The van der Waals surface area contributed by atoms with Crippen molar-refractivity contribution in [1.82, 2.24) is 0 Å². The molecule has 0 radical (unpaired) electrons. The van der Waals surface area contributed by atoms with E-state index < -0.39 is 13.4 Å². The van der Waals surface area contributed by atoms with Gasteiger partial charge < -0.3 is 0 Å². The van der Waals surface area contributed by atoms with Crippen LogP contribution in [0.25, 0.3) is 0 Å². The summed E-state index contributed by atoms with van der Waals surface area (Å²) in [6.45, 7) is 0. The number of hydrogen-bond acceptors (Lipinski definition) is 4. The molecule has 0 bridgehead atoms. The van der Waals surface area contributed by atoms with Gasteiger partial charge in [-0.25, -0.2) is 0 Å². The molecule has 0 aromatic heterocycles. The minimum atomic E-state index is -5.62. The number of hydrogen-bond donors (Lipinski definition) is 0. The van der Waals surface area contributed by atoms with Crippen LogP contribution < -0.4 is 8.38 Å². The van der Waals surface area contributed by atoms with Crippen molar-refractivity contribution in [3.8, 4) is 0 Å². The molecule has 0 saturated heterocycles. The summed E-state index contributed by atoms with van der Waals surface area (Å²) < 4.78 is 34.3. The summed E-state index contributed by atoms with van der Waals surface area (Å²) in [7, 11) is 0. The van der Waals surface area contributed by atoms with Crippen LogP contribution in [-0.2, 0) is 21.0 Å². The summed E-state index contributed by atoms with van der Waals surface area (Å²) in [6.07, 6.45) is 0. The van der Waals surface area contributed by atoms with Crippen molar-refractivity contribution in [2.24, 2.45) is 0 Å². The van der Waals surface area contributed by atoms with Gasteiger partial charge in [-0.1, -0.05) is 0 Å². The molecule has 0 spiro atoms. The molecule has 0 fully saturated rings. The van der Waals surface area contributed by atoms with Crippen LogP contribution in [0.2, 0.25) is 0 Å². The third-order valence-corrected chi connectivity index (χ3v) is 0. The SMILES string of the molecule is [Ca+2].[La+3].[O]=[Mn](=[O])([O-])[O-]. The molecule has 7 heteroatoms. The van der Waals surface area contributed by atoms with Crippen LogP contribution in [0.15, 0.2) is 0 Å². The summed E-state index contributed by atoms with van der Waals surface area (Å²) >= 11 is -5.62. The van der Waals surface area contributed by atoms with Gasteiger partial charge in [0.05, 0.1) is 0 Å². The molecular weight excluding hydrogens is 298 g/mol. The maximum atomic E-state index is 8.58. The van der Waals surface area contributed by atoms with Crippen molar-refractivity contribution in [3.63, 3.8) is 0 Å². The van der Waals surface area contributed by atoms with Crippen LogP contribution in [-0.4, -0.2) is 37.7 Å². The zero-order valence-electron chi connectivity index (χ0n) is 3.30. The van der Waals surface area contributed by atoms with E-state index in [9.17, 15) is 0 Å². The van der Waals surface area contributed by atoms with Crippen LogP contribution in [0.4, 0.5) is 0 Å². The Kier molecular flexibility index (Phi) is 15.3. The van der Waals surface area contributed by atoms with E-state index in [1.807, 2.05) is 0 Å². The first kappa shape index (κ1) is 16.2. The Morgan fingerprint density at radius 2 is 1.14 bits per heavy atom. The second-order valence-corrected chi connectivity index (χ2v) is 1.56. The minimum absolute atomic E-state index is 0. The fourth-order valence-electron chi connectivity index (χ4n) is 0. The van der Waals surface area contributed by atoms with Crippen LogP contribution in [0, 0.1) is 35.6 Å². The second kappa shape index (κ2) is 6.61. The van der Waals surface area contributed by atoms with Gasteiger partial charge in [0.15, 0.2) is 0 Å². The van der Waals surface area contributed by atoms with Crippen molar-refractivity contribution >= 4 is 37.7 Å². The molecule has 0 saturated carbocycles. The third-order valence-electron chi connectivity index (χ3n) is 0. The van der Waals surface area contributed by atoms with E-state index in [-0.39, 0.29) is 73.3 Å². The van der Waals surface area contributed by atoms with Crippen LogP contribution in [0.5, 0.6) is 0 Å². The molecule has 0 heterocycles. The van der Waals surface area contributed by atoms with E-state index in [0.717, 1.165) is 0 Å². The molecule has 0 aliphatic carbocycles. The zero-order chi connectivity index (χ0) is 4.50. The van der Waals surface area contributed by atoms with Crippen LogP contribution in [0.3, 0.4) is 0 Å². The van der Waals surface area contributed by atoms with E-state index in [0.29, 0.717) is 0 Å². The van der Waals surface area contributed by atoms with Crippen molar-refractivity contribution in [3.05, 3.63) is 0 Å². The average molecular weight is 298 g/mol. The molecule has 0 aromatic carbocycles. The summed E-state index contributed by atoms with van der Waals surface area (Å²) in [5, 5.41) is 0. The Balaban J connectivity index is -0.0000000800. The monoisotopic (exact) mass is 298 g/mol. The zero-order valence-corrected chi connectivity index (χ0v) is 10.3. The Morgan fingerprint density at radius 3 is 1.14 bits per heavy atom. The Hall–Kier alpha value is 2.49. The standard InChI is InChI=1S/Ca.La.Mn.4O/q+2;+3;;;;2*-1. The fourth-order valence-corrected chi connectivity index (χ4v) is 0. The van der Waals surface area contributed by atoms with Crippen molar-refractivity contribution < 1.29 is 65.0 Å². The second-order valence-electron chi connectivity index (χ2n) is 0.378. The molecule has 0 unspecified atom stereocenters. The molecular formula is CaLaMnO4+3. The van der Waals surface area contributed by atoms with Gasteiger partial charge in [-0.2, -0.15) is 0 Å². The molecule has 7 heavy (non-hydrogen) atoms. The quantitative estimate of drug-likeness (QED) is 0.446. The summed E-state index contributed by atoms with van der Waals surface area (Å²) in [4.78, 5) is 0. The third kappa shape index (κ3) is 57.6. The van der Waals surface area contributed by atoms with Gasteiger partial charge in [0.25, 0.3) is 0 Å². The van der Waals surface area contributed by atoms with Gasteiger partial charge in [-0.3, -0.25) is 0 Å². The predicted molar refractivity (Wildman–Crippen MR) is 7.13 cm³/mol. The molecule has 0 rings (SSSR count). The molecule has 4 nitrogen and oxygen atoms in total. The van der Waals surface area contributed by atoms with Gasteiger partial charge in [-0.05, 0) is 0 Å². The Bertz CT molecular complexity index is 94.9. The Morgan fingerprint density at radius 1 is 1.14 bits per heavy atom. The van der Waals surface area contributed by atoms with Gasteiger partial charge in [0.1, 0.15) is 0 Å². The van der Waals surface area contributed by atoms with Crippen molar-refractivity contribution in [2.45, 2.75) is 0 Å². The van der Waals surface area contributed by atoms with E-state index in [1.54, 1.807) is 0 Å². The molecule has 0 N–H and O–H groups in total. The molecule has 0 aliphatic rings. The summed E-state index contributed by atoms with van der Waals surface area (Å²) in [5.74, 6) is 0. The van der Waals surface area contributed by atoms with E-state index in [2.05, 4.69) is 0 Å². The normalized spacial score (nSPS) is 8.29. The van der Waals surface area contributed by atoms with Crippen molar-refractivity contribution in [1.29, 1.82) is 0 Å². The first-order chi connectivity index (χ1) is 2.00. The predicted octanol–water partition coefficient (Wildman–Crippen LogP) is -3.00. The maximum absolute atomic E-state index is 8.58. The molecule has 0 aromatic rings. The fraction of sp³-hybridized carbons (Fsp3) is 0. The first-order valence-corrected chi connectivity index (χ1v) is 2.54. The average Bonchev–Trinajstić information content (AvgIpc) is 0.722. The Labute approximate surface area is 101 Å². The van der Waals surface area contributed by atoms with Gasteiger partial charge in [-0.15, -0.1) is 0 Å². The topological polar surface area (TPSA) is 80.3 Å². The van der Waals surface area contributed by atoms with Gasteiger partial charge in [0.2, 0.25) is 0 Å². The number of rotatable bonds is 0. The summed E-state index contributed by atoms with van der Waals surface area (Å²) in [5.41, 5.74) is 0. The van der Waals surface area contributed by atoms with Crippen LogP contribution in [0.1, 0.15) is 0 Å². The summed E-state index contributed by atoms with van der Waals surface area (Å²) in [6, 6.07) is 0. The van der Waals surface area contributed by atoms with Gasteiger partial charge >= 0.3 is 103 Å². The van der Waals surface area contributed by atoms with Crippen LogP contribution >= 0.6 is 0 Å². The van der Waals surface area contributed by atoms with E-state index in [4.69, 9.17) is 16.0 Å². The molecule has 0 aliphatic heterocycles. The molecule has 0 amide bonds.